The fourth-order valence-electron chi connectivity index (χ4n) is 2.09. The van der Waals surface area contributed by atoms with Gasteiger partial charge in [-0.1, -0.05) is 28.1 Å². The third-order valence-electron chi connectivity index (χ3n) is 3.57. The van der Waals surface area contributed by atoms with Gasteiger partial charge in [-0.3, -0.25) is 9.59 Å². The molecule has 0 spiro atoms. The number of benzene rings is 2. The van der Waals surface area contributed by atoms with Gasteiger partial charge in [0.05, 0.1) is 18.5 Å². The van der Waals surface area contributed by atoms with E-state index in [4.69, 9.17) is 4.74 Å². The van der Waals surface area contributed by atoms with Crippen LogP contribution in [0.3, 0.4) is 0 Å². The molecule has 0 radical (unpaired) electrons. The summed E-state index contributed by atoms with van der Waals surface area (Å²) in [7, 11) is 0. The Labute approximate surface area is 164 Å². The minimum absolute atomic E-state index is 0.0149. The topological polar surface area (TPSA) is 79.8 Å². The van der Waals surface area contributed by atoms with Crippen LogP contribution in [-0.2, 0) is 9.59 Å². The molecule has 0 saturated carbocycles. The van der Waals surface area contributed by atoms with Crippen molar-refractivity contribution >= 4 is 39.6 Å². The molecule has 27 heavy (non-hydrogen) atoms. The number of hydrogen-bond donors (Lipinski definition) is 2. The summed E-state index contributed by atoms with van der Waals surface area (Å²) in [5.41, 5.74) is 2.98. The quantitative estimate of drug-likeness (QED) is 0.395. The molecule has 2 N–H and O–H groups in total. The van der Waals surface area contributed by atoms with Gasteiger partial charge in [0.1, 0.15) is 17.5 Å². The van der Waals surface area contributed by atoms with E-state index < -0.39 is 23.5 Å². The third kappa shape index (κ3) is 5.89. The van der Waals surface area contributed by atoms with E-state index in [2.05, 4.69) is 31.8 Å². The predicted molar refractivity (Wildman–Crippen MR) is 105 cm³/mol. The lowest BCUT2D eigenvalue weighted by molar-refractivity contribution is -0.131. The average Bonchev–Trinajstić information content (AvgIpc) is 2.65. The van der Waals surface area contributed by atoms with E-state index >= 15 is 0 Å². The van der Waals surface area contributed by atoms with Crippen molar-refractivity contribution in [3.63, 3.8) is 0 Å². The number of amides is 2. The van der Waals surface area contributed by atoms with Crippen molar-refractivity contribution in [2.75, 3.05) is 11.9 Å². The van der Waals surface area contributed by atoms with E-state index in [1.807, 2.05) is 13.0 Å². The lowest BCUT2D eigenvalue weighted by Gasteiger charge is -2.11. The van der Waals surface area contributed by atoms with Crippen LogP contribution in [0.15, 0.2) is 52.0 Å². The number of anilines is 1. The molecule has 2 aromatic rings. The maximum absolute atomic E-state index is 13.6. The van der Waals surface area contributed by atoms with Crippen LogP contribution < -0.4 is 15.5 Å². The molecule has 6 nitrogen and oxygen atoms in total. The Hall–Kier alpha value is -2.74. The summed E-state index contributed by atoms with van der Waals surface area (Å²) in [5, 5.41) is 6.25. The summed E-state index contributed by atoms with van der Waals surface area (Å²) in [5.74, 6) is -2.27. The van der Waals surface area contributed by atoms with Gasteiger partial charge in [-0.25, -0.2) is 9.82 Å². The molecule has 1 unspecified atom stereocenters. The van der Waals surface area contributed by atoms with Gasteiger partial charge in [0.2, 0.25) is 5.91 Å². The highest BCUT2D eigenvalue weighted by atomic mass is 79.9. The minimum atomic E-state index is -1.06. The number of nitrogens with zero attached hydrogens (tertiary/aromatic N) is 1. The average molecular weight is 436 g/mol. The zero-order chi connectivity index (χ0) is 19.8. The Morgan fingerprint density at radius 1 is 1.26 bits per heavy atom. The predicted octanol–water partition coefficient (Wildman–Crippen LogP) is 3.71. The molecule has 0 aliphatic rings. The molecular weight excluding hydrogens is 417 g/mol. The molecule has 2 amide bonds. The van der Waals surface area contributed by atoms with Gasteiger partial charge in [-0.2, -0.15) is 5.10 Å². The number of para-hydroxylation sites is 1. The number of carbonyl (C=O) groups is 2. The highest BCUT2D eigenvalue weighted by molar-refractivity contribution is 9.10. The number of nitrogens with one attached hydrogen (secondary N) is 2. The molecule has 0 saturated heterocycles. The van der Waals surface area contributed by atoms with Gasteiger partial charge >= 0.3 is 0 Å². The SMILES string of the molecule is CCOc1ccc(Br)cc1C=NNC(=O)C(C)C(=O)Nc1ccccc1F. The van der Waals surface area contributed by atoms with E-state index in [1.54, 1.807) is 18.2 Å². The standard InChI is InChI=1S/C19H19BrFN3O3/c1-3-27-17-9-8-14(20)10-13(17)11-22-24-19(26)12(2)18(25)23-16-7-5-4-6-15(16)21/h4-12H,3H2,1-2H3,(H,23,25)(H,24,26). The minimum Gasteiger partial charge on any atom is -0.493 e. The number of rotatable bonds is 7. The van der Waals surface area contributed by atoms with Gasteiger partial charge < -0.3 is 10.1 Å². The summed E-state index contributed by atoms with van der Waals surface area (Å²) in [6.07, 6.45) is 1.43. The largest absolute Gasteiger partial charge is 0.493 e. The van der Waals surface area contributed by atoms with E-state index in [-0.39, 0.29) is 5.69 Å². The Morgan fingerprint density at radius 3 is 2.70 bits per heavy atom. The van der Waals surface area contributed by atoms with Gasteiger partial charge in [-0.05, 0) is 44.2 Å². The van der Waals surface area contributed by atoms with E-state index in [0.29, 0.717) is 17.9 Å². The first kappa shape index (κ1) is 20.6. The van der Waals surface area contributed by atoms with Crippen molar-refractivity contribution in [3.05, 3.63) is 58.3 Å². The first-order chi connectivity index (χ1) is 12.9. The van der Waals surface area contributed by atoms with Gasteiger partial charge in [-0.15, -0.1) is 0 Å². The van der Waals surface area contributed by atoms with Crippen LogP contribution in [0.4, 0.5) is 10.1 Å². The molecule has 2 aromatic carbocycles. The maximum atomic E-state index is 13.6. The van der Waals surface area contributed by atoms with E-state index in [9.17, 15) is 14.0 Å². The molecule has 0 bridgehead atoms. The van der Waals surface area contributed by atoms with Crippen LogP contribution in [0.5, 0.6) is 5.75 Å². The lowest BCUT2D eigenvalue weighted by atomic mass is 10.1. The van der Waals surface area contributed by atoms with Crippen LogP contribution in [0.2, 0.25) is 0 Å². The van der Waals surface area contributed by atoms with Crippen LogP contribution >= 0.6 is 15.9 Å². The number of hydrogen-bond acceptors (Lipinski definition) is 4. The van der Waals surface area contributed by atoms with Crippen LogP contribution in [-0.4, -0.2) is 24.6 Å². The smallest absolute Gasteiger partial charge is 0.252 e. The molecule has 0 aromatic heterocycles. The highest BCUT2D eigenvalue weighted by Crippen LogP contribution is 2.21. The van der Waals surface area contributed by atoms with Crippen molar-refractivity contribution in [3.8, 4) is 5.75 Å². The zero-order valence-electron chi connectivity index (χ0n) is 14.8. The number of carbonyl (C=O) groups excluding carboxylic acids is 2. The molecular formula is C19H19BrFN3O3. The summed E-state index contributed by atoms with van der Waals surface area (Å²) in [6, 6.07) is 11.1. The second-order valence-electron chi connectivity index (χ2n) is 5.54. The Kier molecular flexibility index (Phi) is 7.48. The molecule has 1 atom stereocenters. The number of ether oxygens (including phenoxy) is 1. The summed E-state index contributed by atoms with van der Waals surface area (Å²) in [4.78, 5) is 24.2. The van der Waals surface area contributed by atoms with Crippen LogP contribution in [0, 0.1) is 11.7 Å². The molecule has 0 fully saturated rings. The highest BCUT2D eigenvalue weighted by Gasteiger charge is 2.22. The van der Waals surface area contributed by atoms with E-state index in [1.165, 1.54) is 31.3 Å². The van der Waals surface area contributed by atoms with Crippen LogP contribution in [0.25, 0.3) is 0 Å². The number of hydrazone groups is 1. The number of halogens is 2. The van der Waals surface area contributed by atoms with Gasteiger partial charge in [0, 0.05) is 10.0 Å². The Bertz CT molecular complexity index is 858. The molecule has 2 rings (SSSR count). The van der Waals surface area contributed by atoms with Crippen molar-refractivity contribution in [2.24, 2.45) is 11.0 Å². The monoisotopic (exact) mass is 435 g/mol. The molecule has 0 heterocycles. The summed E-state index contributed by atoms with van der Waals surface area (Å²) in [6.45, 7) is 3.76. The van der Waals surface area contributed by atoms with Crippen molar-refractivity contribution in [2.45, 2.75) is 13.8 Å². The molecule has 8 heteroatoms. The fourth-order valence-corrected chi connectivity index (χ4v) is 2.47. The zero-order valence-corrected chi connectivity index (χ0v) is 16.4. The van der Waals surface area contributed by atoms with E-state index in [0.717, 1.165) is 4.47 Å². The van der Waals surface area contributed by atoms with Gasteiger partial charge in [0.15, 0.2) is 0 Å². The Balaban J connectivity index is 1.98. The van der Waals surface area contributed by atoms with Gasteiger partial charge in [0.25, 0.3) is 5.91 Å². The first-order valence-corrected chi connectivity index (χ1v) is 9.02. The van der Waals surface area contributed by atoms with Crippen molar-refractivity contribution < 1.29 is 18.7 Å². The molecule has 0 aliphatic heterocycles. The fraction of sp³-hybridized carbons (Fsp3) is 0.211. The van der Waals surface area contributed by atoms with Crippen molar-refractivity contribution in [1.29, 1.82) is 0 Å². The summed E-state index contributed by atoms with van der Waals surface area (Å²) < 4.78 is 19.9. The van der Waals surface area contributed by atoms with Crippen molar-refractivity contribution in [1.82, 2.24) is 5.43 Å². The third-order valence-corrected chi connectivity index (χ3v) is 4.06. The first-order valence-electron chi connectivity index (χ1n) is 8.23. The molecule has 142 valence electrons. The maximum Gasteiger partial charge on any atom is 0.252 e. The second-order valence-corrected chi connectivity index (χ2v) is 6.46. The molecule has 0 aliphatic carbocycles. The van der Waals surface area contributed by atoms with Crippen LogP contribution in [0.1, 0.15) is 19.4 Å². The summed E-state index contributed by atoms with van der Waals surface area (Å²) >= 11 is 3.36. The lowest BCUT2D eigenvalue weighted by Crippen LogP contribution is -2.34. The second kappa shape index (κ2) is 9.82. The normalized spacial score (nSPS) is 11.9. The Morgan fingerprint density at radius 2 is 2.00 bits per heavy atom.